The average molecular weight is 340 g/mol. The van der Waals surface area contributed by atoms with Gasteiger partial charge >= 0.3 is 0 Å². The maximum absolute atomic E-state index is 12.8. The number of thiophene rings is 1. The lowest BCUT2D eigenvalue weighted by Crippen LogP contribution is -2.32. The van der Waals surface area contributed by atoms with Crippen LogP contribution >= 0.6 is 11.3 Å². The lowest BCUT2D eigenvalue weighted by atomic mass is 10.0. The van der Waals surface area contributed by atoms with Gasteiger partial charge in [0.15, 0.2) is 0 Å². The maximum atomic E-state index is 12.8. The van der Waals surface area contributed by atoms with Gasteiger partial charge in [-0.1, -0.05) is 29.8 Å². The highest BCUT2D eigenvalue weighted by Crippen LogP contribution is 2.34. The lowest BCUT2D eigenvalue weighted by molar-refractivity contribution is -0.131. The molecule has 0 unspecified atom stereocenters. The highest BCUT2D eigenvalue weighted by Gasteiger charge is 2.45. The summed E-state index contributed by atoms with van der Waals surface area (Å²) in [4.78, 5) is 20.1. The van der Waals surface area contributed by atoms with Crippen molar-refractivity contribution in [1.29, 1.82) is 0 Å². The molecule has 2 aliphatic rings. The summed E-state index contributed by atoms with van der Waals surface area (Å²) >= 11 is 1.87. The van der Waals surface area contributed by atoms with E-state index in [1.165, 1.54) is 20.9 Å². The van der Waals surface area contributed by atoms with Crippen LogP contribution in [0.5, 0.6) is 0 Å². The van der Waals surface area contributed by atoms with Gasteiger partial charge in [-0.15, -0.1) is 11.3 Å². The fourth-order valence-electron chi connectivity index (χ4n) is 4.13. The van der Waals surface area contributed by atoms with E-state index in [1.807, 2.05) is 11.3 Å². The molecule has 0 saturated carbocycles. The Labute approximate surface area is 147 Å². The zero-order valence-corrected chi connectivity index (χ0v) is 15.2. The molecule has 0 spiro atoms. The van der Waals surface area contributed by atoms with Crippen LogP contribution in [0.25, 0.3) is 0 Å². The minimum absolute atomic E-state index is 0.205. The number of carbonyl (C=O) groups excluding carboxylic acids is 1. The third-order valence-electron chi connectivity index (χ3n) is 5.23. The molecule has 0 bridgehead atoms. The molecule has 4 heteroatoms. The third kappa shape index (κ3) is 3.13. The third-order valence-corrected chi connectivity index (χ3v) is 6.22. The van der Waals surface area contributed by atoms with Gasteiger partial charge in [0, 0.05) is 48.4 Å². The quantitative estimate of drug-likeness (QED) is 0.851. The topological polar surface area (TPSA) is 23.6 Å². The van der Waals surface area contributed by atoms with Crippen molar-refractivity contribution in [3.8, 4) is 0 Å². The fraction of sp³-hybridized carbons (Fsp3) is 0.450. The second-order valence-electron chi connectivity index (χ2n) is 7.28. The molecule has 126 valence electrons. The van der Waals surface area contributed by atoms with Crippen molar-refractivity contribution >= 4 is 17.2 Å². The molecule has 0 aliphatic carbocycles. The zero-order chi connectivity index (χ0) is 16.7. The van der Waals surface area contributed by atoms with Crippen LogP contribution in [0, 0.1) is 25.7 Å². The molecular formula is C20H24N2OS. The molecule has 2 aliphatic heterocycles. The van der Waals surface area contributed by atoms with Gasteiger partial charge in [-0.05, 0) is 31.5 Å². The molecule has 4 rings (SSSR count). The van der Waals surface area contributed by atoms with Crippen LogP contribution in [0.2, 0.25) is 0 Å². The molecular weight excluding hydrogens is 316 g/mol. The van der Waals surface area contributed by atoms with E-state index in [0.29, 0.717) is 11.8 Å². The van der Waals surface area contributed by atoms with Gasteiger partial charge in [0.05, 0.1) is 5.92 Å². The van der Waals surface area contributed by atoms with E-state index in [9.17, 15) is 4.79 Å². The van der Waals surface area contributed by atoms with Crippen molar-refractivity contribution < 1.29 is 4.79 Å². The summed E-state index contributed by atoms with van der Waals surface area (Å²) in [5, 5.41) is 0. The number of rotatable bonds is 4. The van der Waals surface area contributed by atoms with Crippen molar-refractivity contribution in [2.45, 2.75) is 26.9 Å². The highest BCUT2D eigenvalue weighted by atomic mass is 32.1. The number of hydrogen-bond donors (Lipinski definition) is 0. The monoisotopic (exact) mass is 340 g/mol. The highest BCUT2D eigenvalue weighted by molar-refractivity contribution is 7.11. The Hall–Kier alpha value is -1.65. The molecule has 1 amide bonds. The van der Waals surface area contributed by atoms with Crippen LogP contribution in [0.1, 0.15) is 20.9 Å². The van der Waals surface area contributed by atoms with Crippen molar-refractivity contribution in [2.24, 2.45) is 11.8 Å². The van der Waals surface area contributed by atoms with E-state index in [-0.39, 0.29) is 5.92 Å². The number of carbonyl (C=O) groups is 1. The fourth-order valence-corrected chi connectivity index (χ4v) is 5.06. The summed E-state index contributed by atoms with van der Waals surface area (Å²) in [5.74, 6) is 1.06. The Morgan fingerprint density at radius 1 is 1.08 bits per heavy atom. The molecule has 2 aromatic rings. The van der Waals surface area contributed by atoms with E-state index >= 15 is 0 Å². The normalized spacial score (nSPS) is 23.9. The van der Waals surface area contributed by atoms with Crippen molar-refractivity contribution in [3.05, 3.63) is 57.3 Å². The number of amides is 1. The zero-order valence-electron chi connectivity index (χ0n) is 14.4. The minimum Gasteiger partial charge on any atom is -0.338 e. The SMILES string of the molecule is Cc1cccc(CN2C[C@@H]3CN(Cc4ccc(C)s4)C[C@@H]3C2=O)c1. The number of likely N-dealkylation sites (tertiary alicyclic amines) is 2. The molecule has 2 saturated heterocycles. The molecule has 0 radical (unpaired) electrons. The van der Waals surface area contributed by atoms with E-state index < -0.39 is 0 Å². The summed E-state index contributed by atoms with van der Waals surface area (Å²) in [6.07, 6.45) is 0. The van der Waals surface area contributed by atoms with Gasteiger partial charge in [0.25, 0.3) is 0 Å². The van der Waals surface area contributed by atoms with Gasteiger partial charge in [0.1, 0.15) is 0 Å². The predicted octanol–water partition coefficient (Wildman–Crippen LogP) is 3.46. The van der Waals surface area contributed by atoms with Gasteiger partial charge in [0.2, 0.25) is 5.91 Å². The predicted molar refractivity (Wildman–Crippen MR) is 97.9 cm³/mol. The Kier molecular flexibility index (Phi) is 4.19. The van der Waals surface area contributed by atoms with Crippen LogP contribution in [0.3, 0.4) is 0 Å². The van der Waals surface area contributed by atoms with Crippen LogP contribution in [0.4, 0.5) is 0 Å². The first-order chi connectivity index (χ1) is 11.6. The van der Waals surface area contributed by atoms with Crippen molar-refractivity contribution in [3.63, 3.8) is 0 Å². The lowest BCUT2D eigenvalue weighted by Gasteiger charge is -2.21. The van der Waals surface area contributed by atoms with Crippen LogP contribution < -0.4 is 0 Å². The van der Waals surface area contributed by atoms with E-state index in [0.717, 1.165) is 32.7 Å². The van der Waals surface area contributed by atoms with E-state index in [1.54, 1.807) is 0 Å². The molecule has 3 nitrogen and oxygen atoms in total. The smallest absolute Gasteiger partial charge is 0.227 e. The van der Waals surface area contributed by atoms with E-state index in [2.05, 4.69) is 60.0 Å². The average Bonchev–Trinajstić information content (AvgIpc) is 3.19. The molecule has 2 fully saturated rings. The summed E-state index contributed by atoms with van der Waals surface area (Å²) in [7, 11) is 0. The standard InChI is InChI=1S/C20H24N2OS/c1-14-4-3-5-16(8-14)9-22-11-17-10-21(13-19(17)20(22)23)12-18-7-6-15(2)24-18/h3-8,17,19H,9-13H2,1-2H3/t17-,19-/m0/s1. The Bertz CT molecular complexity index is 754. The number of nitrogens with zero attached hydrogens (tertiary/aromatic N) is 2. The van der Waals surface area contributed by atoms with Gasteiger partial charge < -0.3 is 4.90 Å². The molecule has 1 aromatic heterocycles. The molecule has 1 aromatic carbocycles. The summed E-state index contributed by atoms with van der Waals surface area (Å²) < 4.78 is 0. The first-order valence-corrected chi connectivity index (χ1v) is 9.52. The molecule has 3 heterocycles. The minimum atomic E-state index is 0.205. The van der Waals surface area contributed by atoms with Crippen LogP contribution in [-0.2, 0) is 17.9 Å². The van der Waals surface area contributed by atoms with Crippen molar-refractivity contribution in [2.75, 3.05) is 19.6 Å². The second kappa shape index (κ2) is 6.34. The van der Waals surface area contributed by atoms with Gasteiger partial charge in [-0.3, -0.25) is 9.69 Å². The van der Waals surface area contributed by atoms with Gasteiger partial charge in [-0.25, -0.2) is 0 Å². The molecule has 0 N–H and O–H groups in total. The first-order valence-electron chi connectivity index (χ1n) is 8.70. The van der Waals surface area contributed by atoms with Crippen molar-refractivity contribution in [1.82, 2.24) is 9.80 Å². The number of benzene rings is 1. The second-order valence-corrected chi connectivity index (χ2v) is 8.65. The Morgan fingerprint density at radius 3 is 2.67 bits per heavy atom. The summed E-state index contributed by atoms with van der Waals surface area (Å²) in [5.41, 5.74) is 2.51. The van der Waals surface area contributed by atoms with E-state index in [4.69, 9.17) is 0 Å². The Balaban J connectivity index is 1.37. The first kappa shape index (κ1) is 15.9. The number of aryl methyl sites for hydroxylation is 2. The van der Waals surface area contributed by atoms with Crippen LogP contribution in [-0.4, -0.2) is 35.3 Å². The molecule has 24 heavy (non-hydrogen) atoms. The Morgan fingerprint density at radius 2 is 1.96 bits per heavy atom. The largest absolute Gasteiger partial charge is 0.338 e. The summed E-state index contributed by atoms with van der Waals surface area (Å²) in [6.45, 7) is 8.90. The maximum Gasteiger partial charge on any atom is 0.227 e. The molecule has 2 atom stereocenters. The number of hydrogen-bond acceptors (Lipinski definition) is 3. The van der Waals surface area contributed by atoms with Gasteiger partial charge in [-0.2, -0.15) is 0 Å². The van der Waals surface area contributed by atoms with Crippen LogP contribution in [0.15, 0.2) is 36.4 Å². The number of fused-ring (bicyclic) bond motifs is 1. The summed E-state index contributed by atoms with van der Waals surface area (Å²) in [6, 6.07) is 12.9.